The van der Waals surface area contributed by atoms with Crippen LogP contribution < -0.4 is 4.72 Å². The van der Waals surface area contributed by atoms with Crippen molar-refractivity contribution in [1.29, 1.82) is 5.26 Å². The number of pyridine rings is 1. The molecular formula is C18H20BrF3N4OS. The molecule has 1 unspecified atom stereocenters. The van der Waals surface area contributed by atoms with E-state index in [-0.39, 0.29) is 12.1 Å². The molecule has 0 bridgehead atoms. The molecule has 3 rings (SSSR count). The van der Waals surface area contributed by atoms with E-state index in [1.165, 1.54) is 6.20 Å². The van der Waals surface area contributed by atoms with E-state index < -0.39 is 33.4 Å². The molecule has 28 heavy (non-hydrogen) atoms. The highest BCUT2D eigenvalue weighted by molar-refractivity contribution is 9.10. The lowest BCUT2D eigenvalue weighted by atomic mass is 10.1. The Morgan fingerprint density at radius 3 is 2.54 bits per heavy atom. The molecule has 152 valence electrons. The summed E-state index contributed by atoms with van der Waals surface area (Å²) in [7, 11) is -1.92. The average molecular weight is 477 g/mol. The Hall–Kier alpha value is -1.44. The zero-order valence-corrected chi connectivity index (χ0v) is 18.0. The van der Waals surface area contributed by atoms with Crippen molar-refractivity contribution in [2.24, 2.45) is 5.41 Å². The van der Waals surface area contributed by atoms with Gasteiger partial charge in [0, 0.05) is 23.7 Å². The standard InChI is InChI=1S/C18H20BrF3N4OS/c1-16(2,3)28(27)25-14(18(20,21)22)12-8-26(10-17(9-23)6-7-17)15-11(12)4-5-13(19)24-15/h4-5,8,14,25H,6-7,10H2,1-3H3/t14-,28?/m0/s1. The van der Waals surface area contributed by atoms with Crippen LogP contribution in [0.1, 0.15) is 45.2 Å². The maximum Gasteiger partial charge on any atom is 0.408 e. The van der Waals surface area contributed by atoms with Crippen molar-refractivity contribution in [3.63, 3.8) is 0 Å². The van der Waals surface area contributed by atoms with E-state index in [1.807, 2.05) is 0 Å². The van der Waals surface area contributed by atoms with Gasteiger partial charge in [-0.15, -0.1) is 0 Å². The van der Waals surface area contributed by atoms with E-state index in [0.717, 1.165) is 0 Å². The first-order valence-corrected chi connectivity index (χ1v) is 10.6. The first-order valence-electron chi connectivity index (χ1n) is 8.68. The summed E-state index contributed by atoms with van der Waals surface area (Å²) in [5.41, 5.74) is -0.236. The molecule has 1 N–H and O–H groups in total. The predicted molar refractivity (Wildman–Crippen MR) is 105 cm³/mol. The van der Waals surface area contributed by atoms with Gasteiger partial charge in [-0.05, 0) is 61.7 Å². The molecule has 10 heteroatoms. The van der Waals surface area contributed by atoms with E-state index in [4.69, 9.17) is 0 Å². The van der Waals surface area contributed by atoms with Crippen LogP contribution in [0.4, 0.5) is 13.2 Å². The lowest BCUT2D eigenvalue weighted by Gasteiger charge is -2.25. The molecule has 0 aliphatic heterocycles. The highest BCUT2D eigenvalue weighted by atomic mass is 79.9. The van der Waals surface area contributed by atoms with Gasteiger partial charge < -0.3 is 4.57 Å². The van der Waals surface area contributed by atoms with Crippen LogP contribution in [0.2, 0.25) is 0 Å². The molecule has 2 heterocycles. The van der Waals surface area contributed by atoms with Gasteiger partial charge in [0.2, 0.25) is 0 Å². The molecular weight excluding hydrogens is 457 g/mol. The van der Waals surface area contributed by atoms with Crippen molar-refractivity contribution in [3.8, 4) is 6.07 Å². The number of fused-ring (bicyclic) bond motifs is 1. The molecule has 0 aromatic carbocycles. The number of nitrogens with zero attached hydrogens (tertiary/aromatic N) is 3. The smallest absolute Gasteiger partial charge is 0.331 e. The number of nitriles is 1. The van der Waals surface area contributed by atoms with E-state index in [0.29, 0.717) is 28.5 Å². The maximum atomic E-state index is 13.9. The van der Waals surface area contributed by atoms with Crippen molar-refractivity contribution in [3.05, 3.63) is 28.5 Å². The zero-order chi connectivity index (χ0) is 20.9. The number of hydrogen-bond acceptors (Lipinski definition) is 3. The first kappa shape index (κ1) is 21.3. The number of rotatable bonds is 5. The second kappa shape index (κ2) is 7.11. The minimum absolute atomic E-state index is 0.0474. The van der Waals surface area contributed by atoms with Crippen molar-refractivity contribution in [2.75, 3.05) is 0 Å². The Morgan fingerprint density at radius 1 is 1.39 bits per heavy atom. The Labute approximate surface area is 172 Å². The van der Waals surface area contributed by atoms with Crippen LogP contribution in [0.5, 0.6) is 0 Å². The second-order valence-electron chi connectivity index (χ2n) is 8.08. The van der Waals surface area contributed by atoms with Gasteiger partial charge in [-0.25, -0.2) is 13.9 Å². The van der Waals surface area contributed by atoms with Gasteiger partial charge in [0.05, 0.1) is 27.2 Å². The molecule has 1 fully saturated rings. The van der Waals surface area contributed by atoms with Crippen LogP contribution in [0, 0.1) is 16.7 Å². The van der Waals surface area contributed by atoms with E-state index in [9.17, 15) is 22.6 Å². The molecule has 1 aliphatic carbocycles. The second-order valence-corrected chi connectivity index (χ2v) is 10.9. The van der Waals surface area contributed by atoms with Crippen molar-refractivity contribution in [2.45, 2.75) is 57.1 Å². The van der Waals surface area contributed by atoms with Crippen molar-refractivity contribution < 1.29 is 17.4 Å². The predicted octanol–water partition coefficient (Wildman–Crippen LogP) is 4.76. The molecule has 2 aromatic heterocycles. The van der Waals surface area contributed by atoms with Gasteiger partial charge in [0.15, 0.2) is 0 Å². The minimum atomic E-state index is -4.65. The van der Waals surface area contributed by atoms with Gasteiger partial charge in [-0.1, -0.05) is 0 Å². The Bertz CT molecular complexity index is 970. The van der Waals surface area contributed by atoms with E-state index in [1.54, 1.807) is 37.5 Å². The van der Waals surface area contributed by atoms with Gasteiger partial charge in [0.1, 0.15) is 16.3 Å². The number of nitrogens with one attached hydrogen (secondary N) is 1. The summed E-state index contributed by atoms with van der Waals surface area (Å²) in [5, 5.41) is 9.69. The lowest BCUT2D eigenvalue weighted by molar-refractivity contribution is -0.152. The monoisotopic (exact) mass is 476 g/mol. The van der Waals surface area contributed by atoms with Gasteiger partial charge in [0.25, 0.3) is 0 Å². The van der Waals surface area contributed by atoms with Crippen LogP contribution in [-0.2, 0) is 17.5 Å². The molecule has 5 nitrogen and oxygen atoms in total. The third kappa shape index (κ3) is 4.26. The third-order valence-electron chi connectivity index (χ3n) is 4.70. The van der Waals surface area contributed by atoms with Crippen LogP contribution in [0.25, 0.3) is 11.0 Å². The number of alkyl halides is 3. The molecule has 1 aliphatic rings. The van der Waals surface area contributed by atoms with Gasteiger partial charge in [-0.3, -0.25) is 0 Å². The quantitative estimate of drug-likeness (QED) is 0.632. The highest BCUT2D eigenvalue weighted by Crippen LogP contribution is 2.47. The topological polar surface area (TPSA) is 70.7 Å². The number of aromatic nitrogens is 2. The molecule has 2 atom stereocenters. The summed E-state index contributed by atoms with van der Waals surface area (Å²) in [5.74, 6) is 0. The molecule has 0 saturated heterocycles. The van der Waals surface area contributed by atoms with E-state index >= 15 is 0 Å². The summed E-state index contributed by atoms with van der Waals surface area (Å²) in [6.45, 7) is 5.09. The van der Waals surface area contributed by atoms with Crippen molar-refractivity contribution >= 4 is 37.9 Å². The molecule has 0 spiro atoms. The van der Waals surface area contributed by atoms with Crippen LogP contribution in [-0.4, -0.2) is 24.7 Å². The zero-order valence-electron chi connectivity index (χ0n) is 15.6. The minimum Gasteiger partial charge on any atom is -0.331 e. The lowest BCUT2D eigenvalue weighted by Crippen LogP contribution is -2.41. The van der Waals surface area contributed by atoms with Crippen LogP contribution in [0.15, 0.2) is 22.9 Å². The summed E-state index contributed by atoms with van der Waals surface area (Å²) >= 11 is 3.26. The Morgan fingerprint density at radius 2 is 2.04 bits per heavy atom. The van der Waals surface area contributed by atoms with Crippen LogP contribution in [0.3, 0.4) is 0 Å². The fourth-order valence-electron chi connectivity index (χ4n) is 2.89. The third-order valence-corrected chi connectivity index (χ3v) is 6.71. The Kier molecular flexibility index (Phi) is 5.40. The highest BCUT2D eigenvalue weighted by Gasteiger charge is 2.46. The summed E-state index contributed by atoms with van der Waals surface area (Å²) < 4.78 is 57.6. The SMILES string of the molecule is CC(C)(C)S(=O)N[C@@H](c1cn(CC2(C#N)CC2)c2nc(Br)ccc12)C(F)(F)F. The van der Waals surface area contributed by atoms with Crippen LogP contribution >= 0.6 is 15.9 Å². The van der Waals surface area contributed by atoms with E-state index in [2.05, 4.69) is 31.7 Å². The fraction of sp³-hybridized carbons (Fsp3) is 0.556. The van der Waals surface area contributed by atoms with Gasteiger partial charge >= 0.3 is 6.18 Å². The first-order chi connectivity index (χ1) is 12.9. The molecule has 2 aromatic rings. The summed E-state index contributed by atoms with van der Waals surface area (Å²) in [6.07, 6.45) is -1.85. The van der Waals surface area contributed by atoms with Gasteiger partial charge in [-0.2, -0.15) is 18.4 Å². The fourth-order valence-corrected chi connectivity index (χ4v) is 4.02. The normalized spacial score (nSPS) is 18.6. The van der Waals surface area contributed by atoms with Crippen molar-refractivity contribution in [1.82, 2.24) is 14.3 Å². The number of hydrogen-bond donors (Lipinski definition) is 1. The summed E-state index contributed by atoms with van der Waals surface area (Å²) in [6, 6.07) is 3.27. The molecule has 1 saturated carbocycles. The number of halogens is 4. The Balaban J connectivity index is 2.11. The molecule has 0 amide bonds. The summed E-state index contributed by atoms with van der Waals surface area (Å²) in [4.78, 5) is 4.33. The largest absolute Gasteiger partial charge is 0.408 e. The molecule has 0 radical (unpaired) electrons. The average Bonchev–Trinajstić information content (AvgIpc) is 3.27. The maximum absolute atomic E-state index is 13.9.